The van der Waals surface area contributed by atoms with Gasteiger partial charge in [-0.2, -0.15) is 11.8 Å². The molecule has 0 spiro atoms. The van der Waals surface area contributed by atoms with E-state index in [1.807, 2.05) is 16.7 Å². The third kappa shape index (κ3) is 5.19. The van der Waals surface area contributed by atoms with Gasteiger partial charge in [-0.1, -0.05) is 13.8 Å². The molecule has 1 aliphatic rings. The Hall–Kier alpha value is -0.220. The molecule has 0 aromatic heterocycles. The molecule has 1 fully saturated rings. The normalized spacial score (nSPS) is 18.1. The van der Waals surface area contributed by atoms with Gasteiger partial charge in [0.15, 0.2) is 0 Å². The molecule has 0 aliphatic carbocycles. The van der Waals surface area contributed by atoms with Crippen LogP contribution >= 0.6 is 11.8 Å². The number of hydrogen-bond donors (Lipinski definition) is 1. The van der Waals surface area contributed by atoms with Gasteiger partial charge in [0.1, 0.15) is 0 Å². The third-order valence-electron chi connectivity index (χ3n) is 3.96. The second kappa shape index (κ2) is 7.39. The molecular weight excluding hydrogens is 244 g/mol. The highest BCUT2D eigenvalue weighted by atomic mass is 32.2. The lowest BCUT2D eigenvalue weighted by Gasteiger charge is -2.32. The number of carbonyl (C=O) groups is 1. The Morgan fingerprint density at radius 1 is 1.33 bits per heavy atom. The summed E-state index contributed by atoms with van der Waals surface area (Å²) in [6.45, 7) is 7.00. The SMILES string of the molecule is CSC1CCN(C(=O)CCC(C)(C)CCN)CC1. The van der Waals surface area contributed by atoms with Crippen LogP contribution in [0.5, 0.6) is 0 Å². The number of thioether (sulfide) groups is 1. The van der Waals surface area contributed by atoms with Gasteiger partial charge >= 0.3 is 0 Å². The van der Waals surface area contributed by atoms with Crippen LogP contribution in [-0.4, -0.2) is 41.9 Å². The van der Waals surface area contributed by atoms with Crippen molar-refractivity contribution in [1.29, 1.82) is 0 Å². The van der Waals surface area contributed by atoms with Crippen molar-refractivity contribution in [3.63, 3.8) is 0 Å². The van der Waals surface area contributed by atoms with Gasteiger partial charge in [-0.3, -0.25) is 4.79 Å². The van der Waals surface area contributed by atoms with Crippen molar-refractivity contribution >= 4 is 17.7 Å². The van der Waals surface area contributed by atoms with Crippen LogP contribution in [0, 0.1) is 5.41 Å². The third-order valence-corrected chi connectivity index (χ3v) is 5.10. The van der Waals surface area contributed by atoms with Crippen molar-refractivity contribution < 1.29 is 4.79 Å². The first-order valence-electron chi connectivity index (χ1n) is 6.99. The number of nitrogens with two attached hydrogens (primary N) is 1. The van der Waals surface area contributed by atoms with E-state index in [0.29, 0.717) is 18.9 Å². The molecule has 1 amide bonds. The summed E-state index contributed by atoms with van der Waals surface area (Å²) in [5.74, 6) is 0.333. The van der Waals surface area contributed by atoms with E-state index < -0.39 is 0 Å². The van der Waals surface area contributed by atoms with Crippen LogP contribution in [0.4, 0.5) is 0 Å². The summed E-state index contributed by atoms with van der Waals surface area (Å²) < 4.78 is 0. The maximum Gasteiger partial charge on any atom is 0.222 e. The van der Waals surface area contributed by atoms with Gasteiger partial charge in [0.05, 0.1) is 0 Å². The van der Waals surface area contributed by atoms with Crippen molar-refractivity contribution in [2.75, 3.05) is 25.9 Å². The van der Waals surface area contributed by atoms with Crippen LogP contribution in [0.1, 0.15) is 46.0 Å². The van der Waals surface area contributed by atoms with Crippen LogP contribution in [0.2, 0.25) is 0 Å². The van der Waals surface area contributed by atoms with Gasteiger partial charge in [0.25, 0.3) is 0 Å². The average Bonchev–Trinajstić information content (AvgIpc) is 2.36. The molecule has 1 aliphatic heterocycles. The summed E-state index contributed by atoms with van der Waals surface area (Å²) in [6.07, 6.45) is 7.09. The Labute approximate surface area is 116 Å². The number of rotatable bonds is 6. The van der Waals surface area contributed by atoms with E-state index >= 15 is 0 Å². The Morgan fingerprint density at radius 2 is 1.94 bits per heavy atom. The summed E-state index contributed by atoms with van der Waals surface area (Å²) >= 11 is 1.93. The first-order valence-corrected chi connectivity index (χ1v) is 8.28. The predicted octanol–water partition coefficient (Wildman–Crippen LogP) is 2.50. The summed E-state index contributed by atoms with van der Waals surface area (Å²) in [5.41, 5.74) is 5.79. The molecule has 3 nitrogen and oxygen atoms in total. The second-order valence-corrected chi connectivity index (χ2v) is 7.16. The highest BCUT2D eigenvalue weighted by Gasteiger charge is 2.24. The summed E-state index contributed by atoms with van der Waals surface area (Å²) in [6, 6.07) is 0. The molecule has 18 heavy (non-hydrogen) atoms. The van der Waals surface area contributed by atoms with E-state index in [1.165, 1.54) is 0 Å². The maximum absolute atomic E-state index is 12.1. The van der Waals surface area contributed by atoms with Crippen LogP contribution in [0.25, 0.3) is 0 Å². The molecule has 4 heteroatoms. The standard InChI is InChI=1S/C14H28N2OS/c1-14(2,8-9-15)7-4-13(17)16-10-5-12(18-3)6-11-16/h12H,4-11,15H2,1-3H3. The average molecular weight is 272 g/mol. The molecule has 0 unspecified atom stereocenters. The molecule has 0 atom stereocenters. The van der Waals surface area contributed by atoms with E-state index in [9.17, 15) is 4.79 Å². The Morgan fingerprint density at radius 3 is 2.44 bits per heavy atom. The monoisotopic (exact) mass is 272 g/mol. The van der Waals surface area contributed by atoms with Gasteiger partial charge in [-0.05, 0) is 43.9 Å². The Balaban J connectivity index is 2.29. The minimum absolute atomic E-state index is 0.196. The van der Waals surface area contributed by atoms with Crippen LogP contribution in [0.3, 0.4) is 0 Å². The molecule has 1 rings (SSSR count). The summed E-state index contributed by atoms with van der Waals surface area (Å²) in [5, 5.41) is 0.753. The van der Waals surface area contributed by atoms with Crippen molar-refractivity contribution in [3.05, 3.63) is 0 Å². The number of carbonyl (C=O) groups excluding carboxylic acids is 1. The minimum atomic E-state index is 0.196. The van der Waals surface area contributed by atoms with E-state index in [4.69, 9.17) is 5.73 Å². The molecule has 106 valence electrons. The van der Waals surface area contributed by atoms with Crippen LogP contribution < -0.4 is 5.73 Å². The zero-order valence-corrected chi connectivity index (χ0v) is 12.9. The van der Waals surface area contributed by atoms with E-state index in [0.717, 1.165) is 44.0 Å². The fourth-order valence-electron chi connectivity index (χ4n) is 2.46. The fraction of sp³-hybridized carbons (Fsp3) is 0.929. The van der Waals surface area contributed by atoms with Crippen molar-refractivity contribution in [3.8, 4) is 0 Å². The van der Waals surface area contributed by atoms with Crippen molar-refractivity contribution in [2.24, 2.45) is 11.1 Å². The fourth-order valence-corrected chi connectivity index (χ4v) is 3.14. The van der Waals surface area contributed by atoms with E-state index in [-0.39, 0.29) is 5.41 Å². The van der Waals surface area contributed by atoms with Gasteiger partial charge in [-0.15, -0.1) is 0 Å². The molecule has 1 heterocycles. The first kappa shape index (κ1) is 15.8. The van der Waals surface area contributed by atoms with Gasteiger partial charge in [0, 0.05) is 24.8 Å². The lowest BCUT2D eigenvalue weighted by Crippen LogP contribution is -2.39. The number of hydrogen-bond acceptors (Lipinski definition) is 3. The molecule has 0 bridgehead atoms. The maximum atomic E-state index is 12.1. The summed E-state index contributed by atoms with van der Waals surface area (Å²) in [4.78, 5) is 14.2. The quantitative estimate of drug-likeness (QED) is 0.808. The minimum Gasteiger partial charge on any atom is -0.343 e. The smallest absolute Gasteiger partial charge is 0.222 e. The van der Waals surface area contributed by atoms with Gasteiger partial charge in [-0.25, -0.2) is 0 Å². The topological polar surface area (TPSA) is 46.3 Å². The molecule has 0 saturated carbocycles. The lowest BCUT2D eigenvalue weighted by molar-refractivity contribution is -0.132. The second-order valence-electron chi connectivity index (χ2n) is 6.02. The van der Waals surface area contributed by atoms with E-state index in [2.05, 4.69) is 20.1 Å². The Kier molecular flexibility index (Phi) is 6.50. The van der Waals surface area contributed by atoms with E-state index in [1.54, 1.807) is 0 Å². The largest absolute Gasteiger partial charge is 0.343 e. The predicted molar refractivity (Wildman–Crippen MR) is 79.8 cm³/mol. The molecule has 0 radical (unpaired) electrons. The summed E-state index contributed by atoms with van der Waals surface area (Å²) in [7, 11) is 0. The molecule has 2 N–H and O–H groups in total. The first-order chi connectivity index (χ1) is 8.48. The molecule has 0 aromatic carbocycles. The van der Waals surface area contributed by atoms with Crippen LogP contribution in [0.15, 0.2) is 0 Å². The zero-order chi connectivity index (χ0) is 13.6. The van der Waals surface area contributed by atoms with Gasteiger partial charge in [0.2, 0.25) is 5.91 Å². The number of amides is 1. The Bertz CT molecular complexity index is 261. The van der Waals surface area contributed by atoms with Gasteiger partial charge < -0.3 is 10.6 Å². The van der Waals surface area contributed by atoms with Crippen molar-refractivity contribution in [1.82, 2.24) is 4.90 Å². The molecular formula is C14H28N2OS. The molecule has 1 saturated heterocycles. The highest BCUT2D eigenvalue weighted by Crippen LogP contribution is 2.27. The highest BCUT2D eigenvalue weighted by molar-refractivity contribution is 7.99. The lowest BCUT2D eigenvalue weighted by atomic mass is 9.84. The zero-order valence-electron chi connectivity index (χ0n) is 12.1. The van der Waals surface area contributed by atoms with Crippen LogP contribution in [-0.2, 0) is 4.79 Å². The molecule has 0 aromatic rings. The number of piperidine rings is 1. The van der Waals surface area contributed by atoms with Crippen molar-refractivity contribution in [2.45, 2.75) is 51.2 Å². The number of nitrogens with zero attached hydrogens (tertiary/aromatic N) is 1. The number of likely N-dealkylation sites (tertiary alicyclic amines) is 1.